The van der Waals surface area contributed by atoms with Gasteiger partial charge in [0.1, 0.15) is 0 Å². The number of rotatable bonds is 9. The molecule has 0 aliphatic carbocycles. The van der Waals surface area contributed by atoms with Gasteiger partial charge < -0.3 is 14.8 Å². The van der Waals surface area contributed by atoms with Gasteiger partial charge in [0.2, 0.25) is 17.7 Å². The van der Waals surface area contributed by atoms with E-state index in [9.17, 15) is 9.59 Å². The van der Waals surface area contributed by atoms with Gasteiger partial charge in [-0.3, -0.25) is 9.59 Å². The van der Waals surface area contributed by atoms with E-state index < -0.39 is 5.97 Å². The molecule has 2 N–H and O–H groups in total. The number of hydrogen-bond acceptors (Lipinski definition) is 5. The van der Waals surface area contributed by atoms with Crippen molar-refractivity contribution in [3.63, 3.8) is 0 Å². The number of aryl methyl sites for hydroxylation is 1. The smallest absolute Gasteiger partial charge is 0.303 e. The maximum atomic E-state index is 11.7. The third-order valence-electron chi connectivity index (χ3n) is 3.19. The van der Waals surface area contributed by atoms with Crippen LogP contribution in [0.1, 0.15) is 31.6 Å². The molecule has 0 saturated heterocycles. The number of hydrogen-bond donors (Lipinski definition) is 2. The summed E-state index contributed by atoms with van der Waals surface area (Å²) in [5.74, 6) is -0.0683. The molecule has 0 aliphatic heterocycles. The van der Waals surface area contributed by atoms with Crippen molar-refractivity contribution in [1.29, 1.82) is 0 Å². The number of unbranched alkanes of at least 4 members (excludes halogenated alkanes) is 1. The van der Waals surface area contributed by atoms with Crippen molar-refractivity contribution in [2.24, 2.45) is 0 Å². The molecular weight excluding hydrogens is 298 g/mol. The van der Waals surface area contributed by atoms with E-state index in [1.54, 1.807) is 0 Å². The zero-order chi connectivity index (χ0) is 16.5. The first-order valence-electron chi connectivity index (χ1n) is 7.51. The first kappa shape index (κ1) is 16.7. The minimum Gasteiger partial charge on any atom is -0.481 e. The van der Waals surface area contributed by atoms with E-state index in [1.807, 2.05) is 30.3 Å². The molecule has 2 rings (SSSR count). The number of aromatic nitrogens is 2. The number of carboxylic acid groups (broad SMARTS) is 1. The van der Waals surface area contributed by atoms with Gasteiger partial charge in [-0.05, 0) is 25.0 Å². The van der Waals surface area contributed by atoms with Crippen LogP contribution in [0.2, 0.25) is 0 Å². The predicted octanol–water partition coefficient (Wildman–Crippen LogP) is 2.04. The summed E-state index contributed by atoms with van der Waals surface area (Å²) in [5.41, 5.74) is 0.842. The number of amides is 1. The summed E-state index contributed by atoms with van der Waals surface area (Å²) in [6.45, 7) is 0.477. The Balaban J connectivity index is 1.69. The fraction of sp³-hybridized carbons (Fsp3) is 0.375. The molecule has 0 spiro atoms. The fourth-order valence-electron chi connectivity index (χ4n) is 1.99. The van der Waals surface area contributed by atoms with E-state index in [4.69, 9.17) is 9.52 Å². The van der Waals surface area contributed by atoms with Gasteiger partial charge in [-0.25, -0.2) is 0 Å². The Morgan fingerprint density at radius 1 is 1.09 bits per heavy atom. The summed E-state index contributed by atoms with van der Waals surface area (Å²) in [7, 11) is 0. The summed E-state index contributed by atoms with van der Waals surface area (Å²) in [5, 5.41) is 19.1. The minimum atomic E-state index is -0.818. The summed E-state index contributed by atoms with van der Waals surface area (Å²) < 4.78 is 5.52. The average Bonchev–Trinajstić information content (AvgIpc) is 3.02. The molecular formula is C16H19N3O4. The maximum Gasteiger partial charge on any atom is 0.303 e. The van der Waals surface area contributed by atoms with Gasteiger partial charge in [0.25, 0.3) is 0 Å². The minimum absolute atomic E-state index is 0.111. The number of carboxylic acids is 1. The predicted molar refractivity (Wildman–Crippen MR) is 82.6 cm³/mol. The van der Waals surface area contributed by atoms with E-state index in [0.29, 0.717) is 37.6 Å². The summed E-state index contributed by atoms with van der Waals surface area (Å²) >= 11 is 0. The summed E-state index contributed by atoms with van der Waals surface area (Å²) in [4.78, 5) is 22.0. The van der Waals surface area contributed by atoms with Gasteiger partial charge in [-0.15, -0.1) is 10.2 Å². The van der Waals surface area contributed by atoms with Crippen LogP contribution in [0, 0.1) is 0 Å². The van der Waals surface area contributed by atoms with Gasteiger partial charge in [0.15, 0.2) is 0 Å². The molecule has 0 aliphatic rings. The first-order chi connectivity index (χ1) is 11.1. The SMILES string of the molecule is O=C(O)CCCCNC(=O)CCc1nnc(-c2ccccc2)o1. The molecule has 23 heavy (non-hydrogen) atoms. The number of aliphatic carboxylic acids is 1. The molecule has 2 aromatic rings. The lowest BCUT2D eigenvalue weighted by Gasteiger charge is -2.03. The normalized spacial score (nSPS) is 10.4. The molecule has 1 aromatic heterocycles. The van der Waals surface area contributed by atoms with E-state index in [0.717, 1.165) is 5.56 Å². The Hall–Kier alpha value is -2.70. The van der Waals surface area contributed by atoms with Crippen LogP contribution >= 0.6 is 0 Å². The van der Waals surface area contributed by atoms with Gasteiger partial charge in [0.05, 0.1) is 0 Å². The van der Waals surface area contributed by atoms with Crippen LogP contribution in [-0.4, -0.2) is 33.7 Å². The van der Waals surface area contributed by atoms with Crippen molar-refractivity contribution >= 4 is 11.9 Å². The summed E-state index contributed by atoms with van der Waals surface area (Å²) in [6.07, 6.45) is 1.97. The number of carbonyl (C=O) groups is 2. The summed E-state index contributed by atoms with van der Waals surface area (Å²) in [6, 6.07) is 9.43. The Morgan fingerprint density at radius 2 is 1.87 bits per heavy atom. The second-order valence-electron chi connectivity index (χ2n) is 5.07. The molecule has 0 fully saturated rings. The van der Waals surface area contributed by atoms with Crippen molar-refractivity contribution in [2.45, 2.75) is 32.1 Å². The topological polar surface area (TPSA) is 105 Å². The van der Waals surface area contributed by atoms with Gasteiger partial charge >= 0.3 is 5.97 Å². The second-order valence-corrected chi connectivity index (χ2v) is 5.07. The number of nitrogens with zero attached hydrogens (tertiary/aromatic N) is 2. The lowest BCUT2D eigenvalue weighted by molar-refractivity contribution is -0.137. The van der Waals surface area contributed by atoms with Crippen molar-refractivity contribution in [2.75, 3.05) is 6.54 Å². The number of benzene rings is 1. The van der Waals surface area contributed by atoms with Crippen molar-refractivity contribution in [1.82, 2.24) is 15.5 Å². The Kier molecular flexibility index (Phi) is 6.28. The lowest BCUT2D eigenvalue weighted by atomic mass is 10.2. The zero-order valence-electron chi connectivity index (χ0n) is 12.7. The van der Waals surface area contributed by atoms with Gasteiger partial charge in [-0.1, -0.05) is 18.2 Å². The molecule has 0 unspecified atom stereocenters. The highest BCUT2D eigenvalue weighted by atomic mass is 16.4. The monoisotopic (exact) mass is 317 g/mol. The highest BCUT2D eigenvalue weighted by Gasteiger charge is 2.10. The maximum absolute atomic E-state index is 11.7. The Bertz CT molecular complexity index is 640. The molecule has 0 atom stereocenters. The van der Waals surface area contributed by atoms with E-state index in [-0.39, 0.29) is 18.7 Å². The molecule has 1 aromatic carbocycles. The lowest BCUT2D eigenvalue weighted by Crippen LogP contribution is -2.24. The van der Waals surface area contributed by atoms with Crippen LogP contribution in [0.4, 0.5) is 0 Å². The first-order valence-corrected chi connectivity index (χ1v) is 7.51. The van der Waals surface area contributed by atoms with Gasteiger partial charge in [0, 0.05) is 31.4 Å². The third-order valence-corrected chi connectivity index (χ3v) is 3.19. The highest BCUT2D eigenvalue weighted by molar-refractivity contribution is 5.76. The van der Waals surface area contributed by atoms with Crippen molar-refractivity contribution in [3.8, 4) is 11.5 Å². The quantitative estimate of drug-likeness (QED) is 0.686. The third kappa shape index (κ3) is 5.90. The van der Waals surface area contributed by atoms with Crippen LogP contribution in [0.25, 0.3) is 11.5 Å². The fourth-order valence-corrected chi connectivity index (χ4v) is 1.99. The van der Waals surface area contributed by atoms with Crippen LogP contribution in [0.5, 0.6) is 0 Å². The molecule has 1 heterocycles. The Morgan fingerprint density at radius 3 is 2.61 bits per heavy atom. The Labute approximate surface area is 133 Å². The largest absolute Gasteiger partial charge is 0.481 e. The van der Waals surface area contributed by atoms with Crippen LogP contribution in [0.15, 0.2) is 34.7 Å². The molecule has 7 heteroatoms. The second kappa shape index (κ2) is 8.67. The highest BCUT2D eigenvalue weighted by Crippen LogP contribution is 2.17. The molecule has 1 amide bonds. The molecule has 7 nitrogen and oxygen atoms in total. The van der Waals surface area contributed by atoms with Crippen LogP contribution < -0.4 is 5.32 Å². The molecule has 0 bridgehead atoms. The van der Waals surface area contributed by atoms with E-state index in [1.165, 1.54) is 0 Å². The average molecular weight is 317 g/mol. The van der Waals surface area contributed by atoms with Crippen LogP contribution in [0.3, 0.4) is 0 Å². The van der Waals surface area contributed by atoms with Gasteiger partial charge in [-0.2, -0.15) is 0 Å². The molecule has 0 radical (unpaired) electrons. The number of carbonyl (C=O) groups excluding carboxylic acids is 1. The molecule has 122 valence electrons. The zero-order valence-corrected chi connectivity index (χ0v) is 12.7. The van der Waals surface area contributed by atoms with Crippen LogP contribution in [-0.2, 0) is 16.0 Å². The van der Waals surface area contributed by atoms with Crippen molar-refractivity contribution < 1.29 is 19.1 Å². The molecule has 0 saturated carbocycles. The van der Waals surface area contributed by atoms with Crippen molar-refractivity contribution in [3.05, 3.63) is 36.2 Å². The number of nitrogens with one attached hydrogen (secondary N) is 1. The van der Waals surface area contributed by atoms with E-state index >= 15 is 0 Å². The van der Waals surface area contributed by atoms with E-state index in [2.05, 4.69) is 15.5 Å². The standard InChI is InChI=1S/C16H19N3O4/c20-13(17-11-5-4-8-15(21)22)9-10-14-18-19-16(23-14)12-6-2-1-3-7-12/h1-3,6-7H,4-5,8-11H2,(H,17,20)(H,21,22).